The third-order valence-electron chi connectivity index (χ3n) is 1.15. The highest BCUT2D eigenvalue weighted by molar-refractivity contribution is 5.72. The lowest BCUT2D eigenvalue weighted by Crippen LogP contribution is -2.33. The molecule has 0 fully saturated rings. The summed E-state index contributed by atoms with van der Waals surface area (Å²) < 4.78 is 0. The van der Waals surface area contributed by atoms with Crippen molar-refractivity contribution < 1.29 is 9.90 Å². The molecule has 0 spiro atoms. The molecule has 3 nitrogen and oxygen atoms in total. The molecule has 0 saturated heterocycles. The van der Waals surface area contributed by atoms with E-state index < -0.39 is 12.0 Å². The van der Waals surface area contributed by atoms with Crippen molar-refractivity contribution in [3.63, 3.8) is 0 Å². The highest BCUT2D eigenvalue weighted by Gasteiger charge is 2.06. The monoisotopic (exact) mass is 143 g/mol. The summed E-state index contributed by atoms with van der Waals surface area (Å²) in [6.07, 6.45) is 3.75. The third kappa shape index (κ3) is 4.09. The van der Waals surface area contributed by atoms with Crippen LogP contribution in [0.1, 0.15) is 13.8 Å². The van der Waals surface area contributed by atoms with E-state index in [0.717, 1.165) is 0 Å². The SMILES string of the molecule is C/C=C/CN[C@@H](C)C(=O)O. The quantitative estimate of drug-likeness (QED) is 0.567. The molecule has 3 heteroatoms. The van der Waals surface area contributed by atoms with E-state index in [2.05, 4.69) is 5.32 Å². The number of rotatable bonds is 4. The Morgan fingerprint density at radius 3 is 2.80 bits per heavy atom. The lowest BCUT2D eigenvalue weighted by atomic mass is 10.3. The summed E-state index contributed by atoms with van der Waals surface area (Å²) in [7, 11) is 0. The molecule has 0 aromatic carbocycles. The normalized spacial score (nSPS) is 13.8. The van der Waals surface area contributed by atoms with Crippen LogP contribution in [-0.4, -0.2) is 23.7 Å². The van der Waals surface area contributed by atoms with Gasteiger partial charge in [-0.05, 0) is 13.8 Å². The van der Waals surface area contributed by atoms with E-state index in [1.807, 2.05) is 19.1 Å². The molecule has 1 atom stereocenters. The zero-order valence-electron chi connectivity index (χ0n) is 6.29. The lowest BCUT2D eigenvalue weighted by Gasteiger charge is -2.04. The van der Waals surface area contributed by atoms with Gasteiger partial charge in [-0.1, -0.05) is 12.2 Å². The number of allylic oxidation sites excluding steroid dienone is 1. The largest absolute Gasteiger partial charge is 0.480 e. The van der Waals surface area contributed by atoms with Crippen molar-refractivity contribution in [2.45, 2.75) is 19.9 Å². The Labute approximate surface area is 60.7 Å². The molecule has 0 heterocycles. The summed E-state index contributed by atoms with van der Waals surface area (Å²) in [5.41, 5.74) is 0. The molecule has 0 aliphatic carbocycles. The van der Waals surface area contributed by atoms with Crippen LogP contribution in [0.3, 0.4) is 0 Å². The van der Waals surface area contributed by atoms with Gasteiger partial charge in [0.15, 0.2) is 0 Å². The molecule has 0 radical (unpaired) electrons. The zero-order valence-corrected chi connectivity index (χ0v) is 6.29. The summed E-state index contributed by atoms with van der Waals surface area (Å²) in [4.78, 5) is 10.2. The van der Waals surface area contributed by atoms with Crippen LogP contribution in [-0.2, 0) is 4.79 Å². The first-order valence-electron chi connectivity index (χ1n) is 3.25. The van der Waals surface area contributed by atoms with Crippen LogP contribution in [0, 0.1) is 0 Å². The highest BCUT2D eigenvalue weighted by atomic mass is 16.4. The second-order valence-electron chi connectivity index (χ2n) is 2.04. The van der Waals surface area contributed by atoms with E-state index in [4.69, 9.17) is 5.11 Å². The second-order valence-corrected chi connectivity index (χ2v) is 2.04. The fourth-order valence-corrected chi connectivity index (χ4v) is 0.450. The molecule has 0 unspecified atom stereocenters. The van der Waals surface area contributed by atoms with Gasteiger partial charge in [-0.3, -0.25) is 4.79 Å². The summed E-state index contributed by atoms with van der Waals surface area (Å²) in [5.74, 6) is -0.815. The van der Waals surface area contributed by atoms with Crippen LogP contribution in [0.25, 0.3) is 0 Å². The predicted molar refractivity (Wildman–Crippen MR) is 39.9 cm³/mol. The Kier molecular flexibility index (Phi) is 4.58. The molecule has 0 aliphatic heterocycles. The van der Waals surface area contributed by atoms with Crippen molar-refractivity contribution in [2.75, 3.05) is 6.54 Å². The molecular formula is C7H13NO2. The predicted octanol–water partition coefficient (Wildman–Crippen LogP) is 0.625. The molecule has 0 bridgehead atoms. The summed E-state index contributed by atoms with van der Waals surface area (Å²) >= 11 is 0. The Morgan fingerprint density at radius 1 is 1.80 bits per heavy atom. The van der Waals surface area contributed by atoms with Gasteiger partial charge in [0.1, 0.15) is 6.04 Å². The summed E-state index contributed by atoms with van der Waals surface area (Å²) in [5, 5.41) is 11.2. The molecule has 10 heavy (non-hydrogen) atoms. The first-order chi connectivity index (χ1) is 4.68. The molecule has 58 valence electrons. The van der Waals surface area contributed by atoms with Gasteiger partial charge in [0.2, 0.25) is 0 Å². The van der Waals surface area contributed by atoms with E-state index in [-0.39, 0.29) is 0 Å². The minimum Gasteiger partial charge on any atom is -0.480 e. The van der Waals surface area contributed by atoms with Crippen molar-refractivity contribution in [3.8, 4) is 0 Å². The topological polar surface area (TPSA) is 49.3 Å². The number of carboxylic acids is 1. The van der Waals surface area contributed by atoms with Crippen molar-refractivity contribution in [1.82, 2.24) is 5.32 Å². The standard InChI is InChI=1S/C7H13NO2/c1-3-4-5-8-6(2)7(9)10/h3-4,6,8H,5H2,1-2H3,(H,9,10)/b4-3+/t6-/m0/s1. The number of hydrogen-bond acceptors (Lipinski definition) is 2. The Morgan fingerprint density at radius 2 is 2.40 bits per heavy atom. The molecular weight excluding hydrogens is 130 g/mol. The van der Waals surface area contributed by atoms with E-state index in [1.54, 1.807) is 6.92 Å². The Balaban J connectivity index is 3.39. The number of hydrogen-bond donors (Lipinski definition) is 2. The first kappa shape index (κ1) is 9.17. The van der Waals surface area contributed by atoms with Crippen molar-refractivity contribution in [1.29, 1.82) is 0 Å². The minimum absolute atomic E-state index is 0.462. The van der Waals surface area contributed by atoms with Crippen LogP contribution in [0.5, 0.6) is 0 Å². The maximum Gasteiger partial charge on any atom is 0.320 e. The molecule has 2 N–H and O–H groups in total. The van der Waals surface area contributed by atoms with Crippen molar-refractivity contribution >= 4 is 5.97 Å². The van der Waals surface area contributed by atoms with E-state index >= 15 is 0 Å². The average Bonchev–Trinajstić information content (AvgIpc) is 1.88. The van der Waals surface area contributed by atoms with Gasteiger partial charge in [0.05, 0.1) is 0 Å². The van der Waals surface area contributed by atoms with Gasteiger partial charge in [0, 0.05) is 6.54 Å². The molecule has 0 aliphatic rings. The second kappa shape index (κ2) is 4.99. The van der Waals surface area contributed by atoms with E-state index in [1.165, 1.54) is 0 Å². The van der Waals surface area contributed by atoms with Gasteiger partial charge < -0.3 is 10.4 Å². The molecule has 0 rings (SSSR count). The first-order valence-corrected chi connectivity index (χ1v) is 3.25. The van der Waals surface area contributed by atoms with Crippen LogP contribution in [0.4, 0.5) is 0 Å². The number of carboxylic acid groups (broad SMARTS) is 1. The van der Waals surface area contributed by atoms with Gasteiger partial charge in [-0.2, -0.15) is 0 Å². The summed E-state index contributed by atoms with van der Waals surface area (Å²) in [6.45, 7) is 4.13. The Bertz CT molecular complexity index is 132. The average molecular weight is 143 g/mol. The van der Waals surface area contributed by atoms with Crippen molar-refractivity contribution in [3.05, 3.63) is 12.2 Å². The van der Waals surface area contributed by atoms with Crippen LogP contribution in [0.15, 0.2) is 12.2 Å². The maximum atomic E-state index is 10.2. The Hall–Kier alpha value is -0.830. The van der Waals surface area contributed by atoms with Gasteiger partial charge in [0.25, 0.3) is 0 Å². The number of carbonyl (C=O) groups is 1. The van der Waals surface area contributed by atoms with Gasteiger partial charge in [-0.25, -0.2) is 0 Å². The maximum absolute atomic E-state index is 10.2. The fourth-order valence-electron chi connectivity index (χ4n) is 0.450. The molecule has 0 saturated carbocycles. The van der Waals surface area contributed by atoms with Gasteiger partial charge in [-0.15, -0.1) is 0 Å². The summed E-state index contributed by atoms with van der Waals surface area (Å²) in [6, 6.07) is -0.462. The van der Waals surface area contributed by atoms with Crippen molar-refractivity contribution in [2.24, 2.45) is 0 Å². The van der Waals surface area contributed by atoms with E-state index in [9.17, 15) is 4.79 Å². The number of nitrogens with one attached hydrogen (secondary N) is 1. The molecule has 0 aromatic rings. The van der Waals surface area contributed by atoms with Gasteiger partial charge >= 0.3 is 5.97 Å². The fraction of sp³-hybridized carbons (Fsp3) is 0.571. The van der Waals surface area contributed by atoms with Crippen LogP contribution in [0.2, 0.25) is 0 Å². The molecule has 0 aromatic heterocycles. The third-order valence-corrected chi connectivity index (χ3v) is 1.15. The van der Waals surface area contributed by atoms with Crippen LogP contribution < -0.4 is 5.32 Å². The smallest absolute Gasteiger partial charge is 0.320 e. The zero-order chi connectivity index (χ0) is 7.98. The number of aliphatic carboxylic acids is 1. The molecule has 0 amide bonds. The lowest BCUT2D eigenvalue weighted by molar-refractivity contribution is -0.138. The minimum atomic E-state index is -0.815. The van der Waals surface area contributed by atoms with Crippen LogP contribution >= 0.6 is 0 Å². The van der Waals surface area contributed by atoms with E-state index in [0.29, 0.717) is 6.54 Å². The highest BCUT2D eigenvalue weighted by Crippen LogP contribution is 1.79.